The second-order valence-electron chi connectivity index (χ2n) is 4.18. The fraction of sp³-hybridized carbons (Fsp3) is 0.545. The van der Waals surface area contributed by atoms with Crippen molar-refractivity contribution in [2.24, 2.45) is 5.73 Å². The summed E-state index contributed by atoms with van der Waals surface area (Å²) in [6.45, 7) is 1.71. The summed E-state index contributed by atoms with van der Waals surface area (Å²) in [7, 11) is -3.32. The first-order valence-corrected chi connectivity index (χ1v) is 7.41. The minimum Gasteiger partial charge on any atom is -0.379 e. The molecule has 1 saturated heterocycles. The zero-order valence-corrected chi connectivity index (χ0v) is 10.8. The molecule has 1 aliphatic heterocycles. The molecule has 0 spiro atoms. The van der Waals surface area contributed by atoms with Crippen LogP contribution in [0.2, 0.25) is 0 Å². The number of morpholine rings is 1. The summed E-state index contributed by atoms with van der Waals surface area (Å²) >= 11 is 0. The Labute approximate surface area is 107 Å². The summed E-state index contributed by atoms with van der Waals surface area (Å²) in [4.78, 5) is 3.88. The lowest BCUT2D eigenvalue weighted by atomic mass is 10.1. The van der Waals surface area contributed by atoms with Crippen LogP contribution in [0.4, 0.5) is 0 Å². The maximum Gasteiger partial charge on any atom is 0.216 e. The molecule has 2 heterocycles. The van der Waals surface area contributed by atoms with Gasteiger partial charge >= 0.3 is 0 Å². The summed E-state index contributed by atoms with van der Waals surface area (Å²) in [6, 6.07) is 2.94. The van der Waals surface area contributed by atoms with Crippen molar-refractivity contribution >= 4 is 10.0 Å². The summed E-state index contributed by atoms with van der Waals surface area (Å²) in [6.07, 6.45) is 3.22. The molecule has 1 aromatic rings. The smallest absolute Gasteiger partial charge is 0.216 e. The van der Waals surface area contributed by atoms with E-state index >= 15 is 0 Å². The molecule has 1 aromatic heterocycles. The number of sulfonamides is 1. The molecule has 1 fully saturated rings. The topological polar surface area (TPSA) is 85.5 Å². The molecule has 1 aliphatic rings. The predicted octanol–water partition coefficient (Wildman–Crippen LogP) is -0.257. The molecule has 1 atom stereocenters. The van der Waals surface area contributed by atoms with Crippen molar-refractivity contribution in [3.05, 3.63) is 30.1 Å². The highest BCUT2D eigenvalue weighted by atomic mass is 32.2. The van der Waals surface area contributed by atoms with Gasteiger partial charge in [-0.1, -0.05) is 0 Å². The number of nitrogens with zero attached hydrogens (tertiary/aromatic N) is 2. The number of nitrogens with two attached hydrogens (primary N) is 1. The molecule has 6 nitrogen and oxygen atoms in total. The molecule has 2 N–H and O–H groups in total. The Bertz CT molecular complexity index is 472. The highest BCUT2D eigenvalue weighted by Crippen LogP contribution is 2.14. The number of hydrogen-bond acceptors (Lipinski definition) is 5. The van der Waals surface area contributed by atoms with Crippen LogP contribution in [0.15, 0.2) is 24.5 Å². The van der Waals surface area contributed by atoms with Gasteiger partial charge in [-0.05, 0) is 17.7 Å². The van der Waals surface area contributed by atoms with Gasteiger partial charge in [-0.2, -0.15) is 4.31 Å². The minimum absolute atomic E-state index is 0.0863. The maximum atomic E-state index is 12.1. The molecular formula is C11H17N3O3S. The maximum absolute atomic E-state index is 12.1. The van der Waals surface area contributed by atoms with E-state index < -0.39 is 16.1 Å². The lowest BCUT2D eigenvalue weighted by Crippen LogP contribution is -2.43. The van der Waals surface area contributed by atoms with Crippen LogP contribution in [0, 0.1) is 0 Å². The van der Waals surface area contributed by atoms with Crippen molar-refractivity contribution in [3.8, 4) is 0 Å². The van der Waals surface area contributed by atoms with Crippen LogP contribution in [-0.4, -0.2) is 49.8 Å². The van der Waals surface area contributed by atoms with Gasteiger partial charge in [-0.3, -0.25) is 4.98 Å². The number of ether oxygens (including phenoxy) is 1. The average molecular weight is 271 g/mol. The van der Waals surface area contributed by atoms with Gasteiger partial charge < -0.3 is 10.5 Å². The van der Waals surface area contributed by atoms with Crippen LogP contribution in [0.3, 0.4) is 0 Å². The van der Waals surface area contributed by atoms with Gasteiger partial charge in [0, 0.05) is 31.5 Å². The molecule has 0 saturated carbocycles. The quantitative estimate of drug-likeness (QED) is 0.815. The third-order valence-corrected chi connectivity index (χ3v) is 4.82. The molecular weight excluding hydrogens is 254 g/mol. The first-order chi connectivity index (χ1) is 8.59. The van der Waals surface area contributed by atoms with E-state index in [0.717, 1.165) is 5.56 Å². The zero-order chi connectivity index (χ0) is 13.0. The standard InChI is InChI=1S/C11H17N3O3S/c12-11(10-1-3-13-4-2-10)9-18(15,16)14-5-7-17-8-6-14/h1-4,11H,5-9,12H2. The molecule has 0 aliphatic carbocycles. The van der Waals surface area contributed by atoms with E-state index in [-0.39, 0.29) is 5.75 Å². The van der Waals surface area contributed by atoms with E-state index in [0.29, 0.717) is 26.3 Å². The first-order valence-electron chi connectivity index (χ1n) is 5.81. The fourth-order valence-electron chi connectivity index (χ4n) is 1.86. The highest BCUT2D eigenvalue weighted by Gasteiger charge is 2.26. The summed E-state index contributed by atoms with van der Waals surface area (Å²) in [5.41, 5.74) is 6.70. The van der Waals surface area contributed by atoms with Gasteiger partial charge in [0.1, 0.15) is 0 Å². The minimum atomic E-state index is -3.32. The lowest BCUT2D eigenvalue weighted by Gasteiger charge is -2.27. The molecule has 7 heteroatoms. The summed E-state index contributed by atoms with van der Waals surface area (Å²) in [5, 5.41) is 0. The van der Waals surface area contributed by atoms with Crippen LogP contribution in [0.25, 0.3) is 0 Å². The van der Waals surface area contributed by atoms with E-state index in [2.05, 4.69) is 4.98 Å². The van der Waals surface area contributed by atoms with E-state index in [1.165, 1.54) is 4.31 Å². The molecule has 0 aromatic carbocycles. The van der Waals surface area contributed by atoms with Crippen molar-refractivity contribution in [1.29, 1.82) is 0 Å². The van der Waals surface area contributed by atoms with E-state index in [1.807, 2.05) is 0 Å². The summed E-state index contributed by atoms with van der Waals surface area (Å²) < 4.78 is 30.9. The van der Waals surface area contributed by atoms with Crippen LogP contribution in [0.5, 0.6) is 0 Å². The number of hydrogen-bond donors (Lipinski definition) is 1. The SMILES string of the molecule is NC(CS(=O)(=O)N1CCOCC1)c1ccncc1. The molecule has 18 heavy (non-hydrogen) atoms. The Balaban J connectivity index is 2.03. The third kappa shape index (κ3) is 3.26. The second-order valence-corrected chi connectivity index (χ2v) is 6.19. The Hall–Kier alpha value is -1.02. The Morgan fingerprint density at radius 2 is 1.94 bits per heavy atom. The van der Waals surface area contributed by atoms with Crippen LogP contribution in [0.1, 0.15) is 11.6 Å². The fourth-order valence-corrected chi connectivity index (χ4v) is 3.43. The molecule has 2 rings (SSSR count). The van der Waals surface area contributed by atoms with Crippen LogP contribution >= 0.6 is 0 Å². The van der Waals surface area contributed by atoms with E-state index in [4.69, 9.17) is 10.5 Å². The van der Waals surface area contributed by atoms with Crippen molar-refractivity contribution in [1.82, 2.24) is 9.29 Å². The van der Waals surface area contributed by atoms with E-state index in [1.54, 1.807) is 24.5 Å². The van der Waals surface area contributed by atoms with Gasteiger partial charge in [0.25, 0.3) is 0 Å². The lowest BCUT2D eigenvalue weighted by molar-refractivity contribution is 0.0730. The van der Waals surface area contributed by atoms with Gasteiger partial charge in [0.05, 0.1) is 19.0 Å². The highest BCUT2D eigenvalue weighted by molar-refractivity contribution is 7.89. The normalized spacial score (nSPS) is 19.6. The average Bonchev–Trinajstić information content (AvgIpc) is 2.40. The predicted molar refractivity (Wildman–Crippen MR) is 67.3 cm³/mol. The molecule has 100 valence electrons. The van der Waals surface area contributed by atoms with Crippen molar-refractivity contribution in [3.63, 3.8) is 0 Å². The Kier molecular flexibility index (Phi) is 4.28. The molecule has 0 amide bonds. The number of rotatable bonds is 4. The third-order valence-electron chi connectivity index (χ3n) is 2.89. The van der Waals surface area contributed by atoms with Crippen molar-refractivity contribution in [2.45, 2.75) is 6.04 Å². The molecule has 1 unspecified atom stereocenters. The molecule has 0 radical (unpaired) electrons. The van der Waals surface area contributed by atoms with Gasteiger partial charge in [-0.25, -0.2) is 8.42 Å². The Morgan fingerprint density at radius 3 is 2.56 bits per heavy atom. The van der Waals surface area contributed by atoms with Gasteiger partial charge in [0.15, 0.2) is 0 Å². The van der Waals surface area contributed by atoms with Gasteiger partial charge in [-0.15, -0.1) is 0 Å². The van der Waals surface area contributed by atoms with Crippen molar-refractivity contribution < 1.29 is 13.2 Å². The van der Waals surface area contributed by atoms with Crippen LogP contribution in [-0.2, 0) is 14.8 Å². The van der Waals surface area contributed by atoms with Crippen LogP contribution < -0.4 is 5.73 Å². The largest absolute Gasteiger partial charge is 0.379 e. The van der Waals surface area contributed by atoms with Crippen molar-refractivity contribution in [2.75, 3.05) is 32.1 Å². The second kappa shape index (κ2) is 5.75. The first kappa shape index (κ1) is 13.4. The number of aromatic nitrogens is 1. The monoisotopic (exact) mass is 271 g/mol. The van der Waals surface area contributed by atoms with Gasteiger partial charge in [0.2, 0.25) is 10.0 Å². The summed E-state index contributed by atoms with van der Waals surface area (Å²) in [5.74, 6) is -0.0863. The zero-order valence-electron chi connectivity index (χ0n) is 10.0. The van der Waals surface area contributed by atoms with E-state index in [9.17, 15) is 8.42 Å². The number of pyridine rings is 1. The molecule has 0 bridgehead atoms. The Morgan fingerprint density at radius 1 is 1.33 bits per heavy atom.